The van der Waals surface area contributed by atoms with Gasteiger partial charge in [-0.05, 0) is 40.5 Å². The Labute approximate surface area is 160 Å². The summed E-state index contributed by atoms with van der Waals surface area (Å²) in [6, 6.07) is 12.7. The molecule has 1 unspecified atom stereocenters. The predicted molar refractivity (Wildman–Crippen MR) is 108 cm³/mol. The topological polar surface area (TPSA) is 47.5 Å². The number of hydrogen-bond donors (Lipinski definition) is 0. The average Bonchev–Trinajstić information content (AvgIpc) is 2.73. The van der Waals surface area contributed by atoms with Crippen molar-refractivity contribution < 1.29 is 9.47 Å². The fourth-order valence-corrected chi connectivity index (χ4v) is 3.62. The Kier molecular flexibility index (Phi) is 4.94. The number of hydrogen-bond acceptors (Lipinski definition) is 5. The zero-order chi connectivity index (χ0) is 18.8. The molecule has 0 N–H and O–H groups in total. The lowest BCUT2D eigenvalue weighted by atomic mass is 10.0. The maximum Gasteiger partial charge on any atom is 0.135 e. The number of rotatable bonds is 4. The first-order valence-corrected chi connectivity index (χ1v) is 9.40. The van der Waals surface area contributed by atoms with E-state index in [9.17, 15) is 0 Å². The molecule has 5 nitrogen and oxygen atoms in total. The monoisotopic (exact) mass is 363 g/mol. The molecule has 5 heteroatoms. The van der Waals surface area contributed by atoms with Crippen LogP contribution < -0.4 is 9.64 Å². The van der Waals surface area contributed by atoms with Gasteiger partial charge in [-0.1, -0.05) is 32.0 Å². The van der Waals surface area contributed by atoms with E-state index in [1.807, 2.05) is 12.3 Å². The molecular weight excluding hydrogens is 338 g/mol. The Bertz CT molecular complexity index is 942. The number of anilines is 1. The predicted octanol–water partition coefficient (Wildman–Crippen LogP) is 4.34. The summed E-state index contributed by atoms with van der Waals surface area (Å²) in [7, 11) is 1.69. The summed E-state index contributed by atoms with van der Waals surface area (Å²) in [5.41, 5.74) is 2.38. The van der Waals surface area contributed by atoms with Gasteiger partial charge in [0.2, 0.25) is 0 Å². The van der Waals surface area contributed by atoms with Crippen molar-refractivity contribution in [3.63, 3.8) is 0 Å². The van der Waals surface area contributed by atoms with E-state index >= 15 is 0 Å². The molecular formula is C22H25N3O2. The van der Waals surface area contributed by atoms with Crippen molar-refractivity contribution in [2.45, 2.75) is 25.9 Å². The first-order chi connectivity index (χ1) is 13.2. The summed E-state index contributed by atoms with van der Waals surface area (Å²) in [6.07, 6.45) is 3.59. The summed E-state index contributed by atoms with van der Waals surface area (Å²) in [5, 5.41) is 2.36. The van der Waals surface area contributed by atoms with Gasteiger partial charge in [0.25, 0.3) is 0 Å². The molecule has 1 aliphatic rings. The molecule has 0 bridgehead atoms. The maximum atomic E-state index is 6.10. The van der Waals surface area contributed by atoms with E-state index in [1.54, 1.807) is 13.4 Å². The summed E-state index contributed by atoms with van der Waals surface area (Å²) in [4.78, 5) is 11.1. The van der Waals surface area contributed by atoms with Crippen molar-refractivity contribution in [1.82, 2.24) is 9.97 Å². The van der Waals surface area contributed by atoms with Gasteiger partial charge in [-0.2, -0.15) is 0 Å². The third-order valence-electron chi connectivity index (χ3n) is 5.15. The fraction of sp³-hybridized carbons (Fsp3) is 0.364. The van der Waals surface area contributed by atoms with Crippen LogP contribution >= 0.6 is 0 Å². The molecule has 140 valence electrons. The van der Waals surface area contributed by atoms with Crippen LogP contribution in [0.15, 0.2) is 48.9 Å². The van der Waals surface area contributed by atoms with Gasteiger partial charge in [0.05, 0.1) is 13.7 Å². The molecule has 1 fully saturated rings. The molecule has 1 saturated heterocycles. The van der Waals surface area contributed by atoms with Crippen LogP contribution in [0.2, 0.25) is 0 Å². The van der Waals surface area contributed by atoms with Crippen molar-refractivity contribution in [2.75, 3.05) is 31.7 Å². The standard InChI is InChI=1S/C22H25N3O2/c1-15(2)20-12-23-14-24-22(20)25-8-9-27-21(13-25)18-5-4-17-11-19(26-3)7-6-16(17)10-18/h4-7,10-12,14-15,21H,8-9,13H2,1-3H3. The van der Waals surface area contributed by atoms with Crippen LogP contribution in [0.5, 0.6) is 5.75 Å². The largest absolute Gasteiger partial charge is 0.497 e. The number of methoxy groups -OCH3 is 1. The molecule has 0 aliphatic carbocycles. The van der Waals surface area contributed by atoms with Gasteiger partial charge in [-0.3, -0.25) is 0 Å². The first-order valence-electron chi connectivity index (χ1n) is 9.40. The quantitative estimate of drug-likeness (QED) is 0.690. The van der Waals surface area contributed by atoms with Crippen molar-refractivity contribution in [3.8, 4) is 5.75 Å². The average molecular weight is 363 g/mol. The lowest BCUT2D eigenvalue weighted by Gasteiger charge is -2.35. The van der Waals surface area contributed by atoms with E-state index in [2.05, 4.69) is 59.0 Å². The second-order valence-corrected chi connectivity index (χ2v) is 7.23. The summed E-state index contributed by atoms with van der Waals surface area (Å²) in [6.45, 7) is 6.68. The maximum absolute atomic E-state index is 6.10. The Morgan fingerprint density at radius 1 is 1.15 bits per heavy atom. The van der Waals surface area contributed by atoms with Crippen LogP contribution in [0.1, 0.15) is 37.0 Å². The Balaban J connectivity index is 1.61. The van der Waals surface area contributed by atoms with Crippen molar-refractivity contribution >= 4 is 16.6 Å². The number of nitrogens with zero attached hydrogens (tertiary/aromatic N) is 3. The molecule has 3 aromatic rings. The highest BCUT2D eigenvalue weighted by atomic mass is 16.5. The van der Waals surface area contributed by atoms with Crippen LogP contribution in [0, 0.1) is 0 Å². The van der Waals surface area contributed by atoms with E-state index in [0.717, 1.165) is 24.7 Å². The minimum Gasteiger partial charge on any atom is -0.497 e. The van der Waals surface area contributed by atoms with Gasteiger partial charge in [0.15, 0.2) is 0 Å². The van der Waals surface area contributed by atoms with Crippen LogP contribution in [-0.4, -0.2) is 36.8 Å². The van der Waals surface area contributed by atoms with E-state index < -0.39 is 0 Å². The summed E-state index contributed by atoms with van der Waals surface area (Å²) >= 11 is 0. The van der Waals surface area contributed by atoms with Gasteiger partial charge in [0.1, 0.15) is 24.0 Å². The number of ether oxygens (including phenoxy) is 2. The first kappa shape index (κ1) is 17.7. The van der Waals surface area contributed by atoms with E-state index in [-0.39, 0.29) is 6.10 Å². The molecule has 1 aliphatic heterocycles. The van der Waals surface area contributed by atoms with Crippen molar-refractivity contribution in [2.24, 2.45) is 0 Å². The lowest BCUT2D eigenvalue weighted by molar-refractivity contribution is 0.0395. The minimum atomic E-state index is 0.0280. The molecule has 2 aromatic carbocycles. The molecule has 27 heavy (non-hydrogen) atoms. The van der Waals surface area contributed by atoms with Crippen molar-refractivity contribution in [3.05, 3.63) is 60.0 Å². The van der Waals surface area contributed by atoms with Gasteiger partial charge < -0.3 is 14.4 Å². The van der Waals surface area contributed by atoms with Gasteiger partial charge in [-0.25, -0.2) is 9.97 Å². The third-order valence-corrected chi connectivity index (χ3v) is 5.15. The second-order valence-electron chi connectivity index (χ2n) is 7.23. The van der Waals surface area contributed by atoms with E-state index in [1.165, 1.54) is 21.9 Å². The molecule has 4 rings (SSSR count). The minimum absolute atomic E-state index is 0.0280. The highest BCUT2D eigenvalue weighted by molar-refractivity contribution is 5.84. The molecule has 2 heterocycles. The van der Waals surface area contributed by atoms with E-state index in [4.69, 9.17) is 9.47 Å². The van der Waals surface area contributed by atoms with E-state index in [0.29, 0.717) is 12.5 Å². The zero-order valence-electron chi connectivity index (χ0n) is 16.1. The smallest absolute Gasteiger partial charge is 0.135 e. The van der Waals surface area contributed by atoms with Crippen LogP contribution in [0.3, 0.4) is 0 Å². The Hall–Kier alpha value is -2.66. The molecule has 0 radical (unpaired) electrons. The third kappa shape index (κ3) is 3.60. The zero-order valence-corrected chi connectivity index (χ0v) is 16.1. The molecule has 1 aromatic heterocycles. The number of morpholine rings is 1. The Morgan fingerprint density at radius 2 is 1.96 bits per heavy atom. The highest BCUT2D eigenvalue weighted by Gasteiger charge is 2.25. The van der Waals surface area contributed by atoms with Gasteiger partial charge >= 0.3 is 0 Å². The fourth-order valence-electron chi connectivity index (χ4n) is 3.62. The SMILES string of the molecule is COc1ccc2cc(C3CN(c4ncncc4C(C)C)CCO3)ccc2c1. The Morgan fingerprint density at radius 3 is 2.78 bits per heavy atom. The molecule has 0 amide bonds. The normalized spacial score (nSPS) is 17.5. The molecule has 0 saturated carbocycles. The van der Waals surface area contributed by atoms with Crippen LogP contribution in [0.4, 0.5) is 5.82 Å². The number of aromatic nitrogens is 2. The molecule has 1 atom stereocenters. The molecule has 0 spiro atoms. The number of fused-ring (bicyclic) bond motifs is 1. The van der Waals surface area contributed by atoms with Crippen LogP contribution in [0.25, 0.3) is 10.8 Å². The lowest BCUT2D eigenvalue weighted by Crippen LogP contribution is -2.39. The summed E-state index contributed by atoms with van der Waals surface area (Å²) < 4.78 is 11.4. The second kappa shape index (κ2) is 7.53. The van der Waals surface area contributed by atoms with Gasteiger partial charge in [0, 0.05) is 24.8 Å². The number of benzene rings is 2. The van der Waals surface area contributed by atoms with Crippen LogP contribution in [-0.2, 0) is 4.74 Å². The highest BCUT2D eigenvalue weighted by Crippen LogP contribution is 2.31. The van der Waals surface area contributed by atoms with Crippen molar-refractivity contribution in [1.29, 1.82) is 0 Å². The van der Waals surface area contributed by atoms with Gasteiger partial charge in [-0.15, -0.1) is 0 Å². The summed E-state index contributed by atoms with van der Waals surface area (Å²) in [5.74, 6) is 2.29.